The van der Waals surface area contributed by atoms with E-state index in [0.29, 0.717) is 36.7 Å². The van der Waals surface area contributed by atoms with Crippen LogP contribution in [0.2, 0.25) is 0 Å². The van der Waals surface area contributed by atoms with Crippen LogP contribution in [0, 0.1) is 17.8 Å². The summed E-state index contributed by atoms with van der Waals surface area (Å²) in [5, 5.41) is 5.90. The molecule has 13 nitrogen and oxygen atoms in total. The molecule has 3 fully saturated rings. The highest BCUT2D eigenvalue weighted by atomic mass is 16.5. The molecule has 308 valence electrons. The van der Waals surface area contributed by atoms with Crippen molar-refractivity contribution in [2.75, 3.05) is 20.8 Å². The molecule has 59 heavy (non-hydrogen) atoms. The van der Waals surface area contributed by atoms with Gasteiger partial charge in [0.25, 0.3) is 0 Å². The number of methoxy groups -OCH3 is 2. The summed E-state index contributed by atoms with van der Waals surface area (Å²) < 4.78 is 10.2. The summed E-state index contributed by atoms with van der Waals surface area (Å²) in [6.07, 6.45) is 9.18. The van der Waals surface area contributed by atoms with Gasteiger partial charge in [0.15, 0.2) is 0 Å². The largest absolute Gasteiger partial charge is 0.453 e. The average Bonchev–Trinajstić information content (AvgIpc) is 4.13. The van der Waals surface area contributed by atoms with Gasteiger partial charge in [-0.3, -0.25) is 14.6 Å². The lowest BCUT2D eigenvalue weighted by Crippen LogP contribution is -2.54. The normalized spacial score (nSPS) is 22.1. The van der Waals surface area contributed by atoms with Crippen LogP contribution in [0.1, 0.15) is 93.7 Å². The van der Waals surface area contributed by atoms with Crippen LogP contribution in [-0.2, 0) is 25.6 Å². The first kappa shape index (κ1) is 40.0. The molecular weight excluding hydrogens is 745 g/mol. The number of benzene rings is 2. The number of carbonyl (C=O) groups excluding carboxylic acids is 3. The Balaban J connectivity index is 0.916. The van der Waals surface area contributed by atoms with Gasteiger partial charge in [-0.25, -0.2) is 14.8 Å². The molecule has 13 heteroatoms. The summed E-state index contributed by atoms with van der Waals surface area (Å²) in [4.78, 5) is 62.4. The molecule has 5 aromatic rings. The predicted octanol–water partition coefficient (Wildman–Crippen LogP) is 7.52. The van der Waals surface area contributed by atoms with Crippen LogP contribution >= 0.6 is 0 Å². The number of rotatable bonds is 13. The van der Waals surface area contributed by atoms with Crippen molar-refractivity contribution in [1.82, 2.24) is 40.5 Å². The van der Waals surface area contributed by atoms with Crippen LogP contribution in [-0.4, -0.2) is 80.6 Å². The third-order valence-electron chi connectivity index (χ3n) is 12.8. The second-order valence-electron chi connectivity index (χ2n) is 16.6. The van der Waals surface area contributed by atoms with E-state index in [1.807, 2.05) is 18.5 Å². The van der Waals surface area contributed by atoms with Crippen LogP contribution in [0.25, 0.3) is 33.6 Å². The molecule has 7 atom stereocenters. The van der Waals surface area contributed by atoms with Crippen LogP contribution in [0.5, 0.6) is 0 Å². The number of carbonyl (C=O) groups is 3. The summed E-state index contributed by atoms with van der Waals surface area (Å²) in [7, 11) is 2.77. The first-order valence-electron chi connectivity index (χ1n) is 20.8. The fourth-order valence-corrected chi connectivity index (χ4v) is 9.67. The van der Waals surface area contributed by atoms with E-state index in [-0.39, 0.29) is 29.7 Å². The molecule has 8 rings (SSSR count). The second kappa shape index (κ2) is 17.2. The molecule has 3 aromatic heterocycles. The molecule has 3 aliphatic rings. The van der Waals surface area contributed by atoms with Crippen LogP contribution in [0.4, 0.5) is 4.79 Å². The van der Waals surface area contributed by atoms with E-state index in [9.17, 15) is 14.4 Å². The fraction of sp³-hybridized carbons (Fsp3) is 0.435. The van der Waals surface area contributed by atoms with Gasteiger partial charge in [-0.05, 0) is 90.7 Å². The molecule has 2 aliphatic carbocycles. The summed E-state index contributed by atoms with van der Waals surface area (Å²) in [5.41, 5.74) is 8.10. The van der Waals surface area contributed by atoms with E-state index in [0.717, 1.165) is 82.8 Å². The Bertz CT molecular complexity index is 2270. The van der Waals surface area contributed by atoms with Gasteiger partial charge in [-0.2, -0.15) is 0 Å². The molecule has 1 saturated heterocycles. The Labute approximate surface area is 345 Å². The van der Waals surface area contributed by atoms with Gasteiger partial charge in [0.2, 0.25) is 11.8 Å². The first-order valence-corrected chi connectivity index (χ1v) is 20.8. The number of hydrogen-bond donors (Lipinski definition) is 4. The first-order chi connectivity index (χ1) is 28.6. The highest BCUT2D eigenvalue weighted by Gasteiger charge is 2.52. The van der Waals surface area contributed by atoms with Crippen molar-refractivity contribution >= 4 is 17.9 Å². The summed E-state index contributed by atoms with van der Waals surface area (Å²) in [5.74, 6) is 2.61. The smallest absolute Gasteiger partial charge is 0.407 e. The Kier molecular flexibility index (Phi) is 11.6. The van der Waals surface area contributed by atoms with E-state index in [4.69, 9.17) is 14.5 Å². The monoisotopic (exact) mass is 798 g/mol. The molecule has 3 unspecified atom stereocenters. The van der Waals surface area contributed by atoms with Gasteiger partial charge < -0.3 is 35.0 Å². The van der Waals surface area contributed by atoms with Gasteiger partial charge in [0.05, 0.1) is 49.0 Å². The third kappa shape index (κ3) is 8.12. The van der Waals surface area contributed by atoms with Crippen LogP contribution in [0.3, 0.4) is 0 Å². The lowest BCUT2D eigenvalue weighted by Gasteiger charge is -2.30. The standard InChI is InChI=1S/C46H54N8O5/c1-26(2)40-34(8-6-20-47-40)23-50-44(55)39-33-19-18-32(22-33)38(39)43-49-25-36(52-43)31-16-12-29(13-17-31)28-10-14-30(15-11-28)35-24-48-42(51-35)37-9-7-21-54(37)45(56)41(27(3)58-4)53-46(57)59-5/h6,8,10-17,20,24-27,32-33,37-39,41H,7,9,18-19,21-23H2,1-5H3,(H,48,51)(H,49,52)(H,50,55)(H,53,57)/t27-,32?,33?,37+,38-,39?,41+/m1/s1. The Morgan fingerprint density at radius 2 is 1.44 bits per heavy atom. The third-order valence-corrected chi connectivity index (χ3v) is 12.8. The Hall–Kier alpha value is -5.82. The number of fused-ring (bicyclic) bond motifs is 2. The minimum Gasteiger partial charge on any atom is -0.453 e. The predicted molar refractivity (Wildman–Crippen MR) is 224 cm³/mol. The minimum atomic E-state index is -0.886. The summed E-state index contributed by atoms with van der Waals surface area (Å²) >= 11 is 0. The summed E-state index contributed by atoms with van der Waals surface area (Å²) in [6, 6.07) is 19.6. The molecule has 0 radical (unpaired) electrons. The van der Waals surface area contributed by atoms with Crippen molar-refractivity contribution in [2.45, 2.75) is 89.4 Å². The highest BCUT2D eigenvalue weighted by molar-refractivity contribution is 5.87. The molecule has 1 aliphatic heterocycles. The molecule has 4 N–H and O–H groups in total. The number of aromatic nitrogens is 5. The summed E-state index contributed by atoms with van der Waals surface area (Å²) in [6.45, 7) is 7.05. The van der Waals surface area contributed by atoms with Gasteiger partial charge in [-0.1, -0.05) is 68.4 Å². The zero-order valence-corrected chi connectivity index (χ0v) is 34.4. The highest BCUT2D eigenvalue weighted by Crippen LogP contribution is 2.56. The Morgan fingerprint density at radius 1 is 0.814 bits per heavy atom. The molecule has 2 aromatic carbocycles. The van der Waals surface area contributed by atoms with E-state index in [1.54, 1.807) is 18.0 Å². The molecule has 3 amide bonds. The second-order valence-corrected chi connectivity index (χ2v) is 16.6. The van der Waals surface area contributed by atoms with Crippen molar-refractivity contribution in [1.29, 1.82) is 0 Å². The van der Waals surface area contributed by atoms with Crippen molar-refractivity contribution in [2.24, 2.45) is 17.8 Å². The number of H-pyrrole nitrogens is 2. The number of amides is 3. The number of ether oxygens (including phenoxy) is 2. The fourth-order valence-electron chi connectivity index (χ4n) is 9.67. The maximum Gasteiger partial charge on any atom is 0.407 e. The maximum absolute atomic E-state index is 13.8. The molecular formula is C46H54N8O5. The molecule has 4 heterocycles. The van der Waals surface area contributed by atoms with E-state index in [2.05, 4.69) is 99.0 Å². The quantitative estimate of drug-likeness (QED) is 0.0949. The molecule has 2 bridgehead atoms. The number of imidazole rings is 2. The van der Waals surface area contributed by atoms with E-state index < -0.39 is 18.2 Å². The number of likely N-dealkylation sites (tertiary alicyclic amines) is 1. The number of hydrogen-bond acceptors (Lipinski definition) is 8. The lowest BCUT2D eigenvalue weighted by molar-refractivity contribution is -0.137. The topological polar surface area (TPSA) is 167 Å². The van der Waals surface area contributed by atoms with Gasteiger partial charge in [0.1, 0.15) is 17.7 Å². The van der Waals surface area contributed by atoms with Gasteiger partial charge in [0, 0.05) is 38.0 Å². The average molecular weight is 799 g/mol. The van der Waals surface area contributed by atoms with E-state index >= 15 is 0 Å². The Morgan fingerprint density at radius 3 is 2.08 bits per heavy atom. The number of nitrogens with one attached hydrogen (secondary N) is 4. The van der Waals surface area contributed by atoms with Crippen molar-refractivity contribution in [3.05, 3.63) is 102 Å². The number of alkyl carbamates (subject to hydrolysis) is 1. The molecule has 2 saturated carbocycles. The SMILES string of the molecule is COC(=O)N[C@H](C(=O)N1CCC[C@H]1c1ncc(-c2ccc(-c3ccc(-c4cnc([C@@H]5C6CCC(C6)C5C(=O)NCc5cccnc5C(C)C)[nH]4)cc3)cc2)[nH]1)[C@@H](C)OC. The number of aromatic amines is 2. The molecule has 0 spiro atoms. The lowest BCUT2D eigenvalue weighted by atomic mass is 9.78. The van der Waals surface area contributed by atoms with Crippen LogP contribution < -0.4 is 10.6 Å². The minimum absolute atomic E-state index is 0.0803. The van der Waals surface area contributed by atoms with Crippen LogP contribution in [0.15, 0.2) is 79.3 Å². The zero-order chi connectivity index (χ0) is 41.2. The van der Waals surface area contributed by atoms with E-state index in [1.165, 1.54) is 14.2 Å². The zero-order valence-electron chi connectivity index (χ0n) is 34.4. The van der Waals surface area contributed by atoms with Crippen molar-refractivity contribution in [3.63, 3.8) is 0 Å². The van der Waals surface area contributed by atoms with Gasteiger partial charge in [-0.15, -0.1) is 0 Å². The maximum atomic E-state index is 13.8. The number of pyridine rings is 1. The van der Waals surface area contributed by atoms with Crippen molar-refractivity contribution < 1.29 is 23.9 Å². The number of nitrogens with zero attached hydrogens (tertiary/aromatic N) is 4. The van der Waals surface area contributed by atoms with Crippen molar-refractivity contribution in [3.8, 4) is 33.6 Å². The van der Waals surface area contributed by atoms with Gasteiger partial charge >= 0.3 is 6.09 Å².